The number of hydrogen-bond acceptors (Lipinski definition) is 3. The Hall–Kier alpha value is -1.69. The average Bonchev–Trinajstić information content (AvgIpc) is 3.05. The van der Waals surface area contributed by atoms with Gasteiger partial charge in [-0.2, -0.15) is 0 Å². The Morgan fingerprint density at radius 2 is 2.19 bits per heavy atom. The molecule has 7 atom stereocenters. The van der Waals surface area contributed by atoms with Crippen LogP contribution in [0.15, 0.2) is 35.9 Å². The zero-order valence-electron chi connectivity index (χ0n) is 14.6. The number of carbonyl (C=O) groups is 1. The minimum atomic E-state index is -0.174. The number of nitrogens with zero attached hydrogens (tertiary/aromatic N) is 2. The van der Waals surface area contributed by atoms with E-state index in [4.69, 9.17) is 4.74 Å². The second kappa shape index (κ2) is 4.24. The van der Waals surface area contributed by atoms with Crippen molar-refractivity contribution in [2.24, 2.45) is 11.8 Å². The van der Waals surface area contributed by atoms with Crippen LogP contribution < -0.4 is 4.90 Å². The monoisotopic (exact) mass is 350 g/mol. The molecule has 3 saturated heterocycles. The fourth-order valence-electron chi connectivity index (χ4n) is 7.77. The van der Waals surface area contributed by atoms with E-state index in [9.17, 15) is 10.0 Å². The van der Waals surface area contributed by atoms with Gasteiger partial charge in [0.05, 0.1) is 37.1 Å². The van der Waals surface area contributed by atoms with Crippen molar-refractivity contribution in [3.63, 3.8) is 0 Å². The summed E-state index contributed by atoms with van der Waals surface area (Å²) in [6.45, 7) is 1.87. The molecule has 2 bridgehead atoms. The maximum atomic E-state index is 13.9. The molecule has 0 aromatic heterocycles. The van der Waals surface area contributed by atoms with Gasteiger partial charge < -0.3 is 19.5 Å². The number of anilines is 1. The van der Waals surface area contributed by atoms with Gasteiger partial charge >= 0.3 is 0 Å². The van der Waals surface area contributed by atoms with Gasteiger partial charge in [0, 0.05) is 24.4 Å². The smallest absolute Gasteiger partial charge is 0.229 e. The topological polar surface area (TPSA) is 52.6 Å². The van der Waals surface area contributed by atoms with Crippen molar-refractivity contribution in [3.8, 4) is 0 Å². The first-order valence-corrected chi connectivity index (χ1v) is 9.93. The molecule has 5 nitrogen and oxygen atoms in total. The van der Waals surface area contributed by atoms with Crippen LogP contribution in [0.4, 0.5) is 5.69 Å². The first-order valence-electron chi connectivity index (χ1n) is 9.93. The highest BCUT2D eigenvalue weighted by Crippen LogP contribution is 2.67. The zero-order valence-corrected chi connectivity index (χ0v) is 14.6. The van der Waals surface area contributed by atoms with Gasteiger partial charge in [0.25, 0.3) is 0 Å². The van der Waals surface area contributed by atoms with E-state index in [0.717, 1.165) is 18.5 Å². The highest BCUT2D eigenvalue weighted by molar-refractivity contribution is 5.99. The molecule has 1 aromatic rings. The summed E-state index contributed by atoms with van der Waals surface area (Å²) >= 11 is 0. The number of para-hydroxylation sites is 1. The summed E-state index contributed by atoms with van der Waals surface area (Å²) in [7, 11) is 0. The number of benzene rings is 1. The predicted molar refractivity (Wildman–Crippen MR) is 95.2 cm³/mol. The minimum absolute atomic E-state index is 0.00175. The molecule has 5 heterocycles. The van der Waals surface area contributed by atoms with E-state index >= 15 is 0 Å². The van der Waals surface area contributed by atoms with Gasteiger partial charge in [-0.25, -0.2) is 0 Å². The van der Waals surface area contributed by atoms with Crippen LogP contribution in [-0.4, -0.2) is 48.4 Å². The summed E-state index contributed by atoms with van der Waals surface area (Å²) in [6.07, 6.45) is 4.51. The fraction of sp³-hybridized carbons (Fsp3) is 0.571. The zero-order chi connectivity index (χ0) is 17.3. The Labute approximate surface area is 152 Å². The molecule has 5 heteroatoms. The van der Waals surface area contributed by atoms with E-state index in [0.29, 0.717) is 38.0 Å². The van der Waals surface area contributed by atoms with Crippen molar-refractivity contribution in [2.75, 3.05) is 24.6 Å². The van der Waals surface area contributed by atoms with Gasteiger partial charge in [0.2, 0.25) is 5.91 Å². The summed E-state index contributed by atoms with van der Waals surface area (Å²) in [5, 5.41) is 13.9. The molecule has 5 aliphatic heterocycles. The third-order valence-electron chi connectivity index (χ3n) is 8.50. The van der Waals surface area contributed by atoms with Gasteiger partial charge in [-0.15, -0.1) is 0 Å². The van der Waals surface area contributed by atoms with E-state index in [1.54, 1.807) is 0 Å². The molecule has 26 heavy (non-hydrogen) atoms. The Balaban J connectivity index is 1.56. The summed E-state index contributed by atoms with van der Waals surface area (Å²) in [6, 6.07) is 8.58. The molecule has 4 fully saturated rings. The highest BCUT2D eigenvalue weighted by Gasteiger charge is 2.74. The lowest BCUT2D eigenvalue weighted by Crippen LogP contribution is -2.71. The Morgan fingerprint density at radius 3 is 3.12 bits per heavy atom. The van der Waals surface area contributed by atoms with Gasteiger partial charge in [-0.3, -0.25) is 4.79 Å². The number of quaternary nitrogens is 1. The molecule has 1 aromatic carbocycles. The number of ether oxygens (including phenoxy) is 1. The number of rotatable bonds is 0. The number of fused-ring (bicyclic) bond motifs is 2. The first-order chi connectivity index (χ1) is 12.6. The van der Waals surface area contributed by atoms with Crippen molar-refractivity contribution in [2.45, 2.75) is 42.9 Å². The molecule has 0 radical (unpaired) electrons. The largest absolute Gasteiger partial charge is 0.632 e. The van der Waals surface area contributed by atoms with E-state index in [2.05, 4.69) is 29.2 Å². The first kappa shape index (κ1) is 14.4. The molecule has 1 saturated carbocycles. The van der Waals surface area contributed by atoms with Crippen LogP contribution in [0.25, 0.3) is 0 Å². The van der Waals surface area contributed by atoms with Gasteiger partial charge in [-0.05, 0) is 23.1 Å². The SMILES string of the molecule is O=C1CC2OCC=C3C[N+]4([O-])CCC56c7ccccc7N1[C@H]5C2C3CC64. The average molecular weight is 350 g/mol. The maximum absolute atomic E-state index is 13.9. The van der Waals surface area contributed by atoms with Crippen LogP contribution in [0.5, 0.6) is 0 Å². The molecule has 1 aliphatic carbocycles. The highest BCUT2D eigenvalue weighted by atomic mass is 16.6. The van der Waals surface area contributed by atoms with E-state index in [-0.39, 0.29) is 34.2 Å². The van der Waals surface area contributed by atoms with Crippen molar-refractivity contribution in [3.05, 3.63) is 46.7 Å². The second-order valence-corrected chi connectivity index (χ2v) is 9.14. The number of amides is 1. The lowest BCUT2D eigenvalue weighted by Gasteiger charge is -2.61. The van der Waals surface area contributed by atoms with Crippen LogP contribution >= 0.6 is 0 Å². The van der Waals surface area contributed by atoms with Crippen LogP contribution in [0.2, 0.25) is 0 Å². The van der Waals surface area contributed by atoms with Crippen molar-refractivity contribution >= 4 is 11.6 Å². The van der Waals surface area contributed by atoms with Crippen molar-refractivity contribution < 1.29 is 14.2 Å². The fourth-order valence-corrected chi connectivity index (χ4v) is 7.77. The quantitative estimate of drug-likeness (QED) is 0.409. The third kappa shape index (κ3) is 1.33. The van der Waals surface area contributed by atoms with E-state index < -0.39 is 0 Å². The van der Waals surface area contributed by atoms with Crippen LogP contribution in [0.1, 0.15) is 24.8 Å². The van der Waals surface area contributed by atoms with E-state index in [1.807, 2.05) is 6.07 Å². The lowest BCUT2D eigenvalue weighted by molar-refractivity contribution is -0.896. The van der Waals surface area contributed by atoms with Crippen molar-refractivity contribution in [1.82, 2.24) is 0 Å². The maximum Gasteiger partial charge on any atom is 0.229 e. The number of hydroxylamine groups is 3. The summed E-state index contributed by atoms with van der Waals surface area (Å²) < 4.78 is 6.10. The molecular formula is C21H22N2O3. The molecule has 6 unspecified atom stereocenters. The summed E-state index contributed by atoms with van der Waals surface area (Å²) in [4.78, 5) is 15.3. The standard InChI is InChI=1S/C21H22N2O3/c24-18-10-16-19-13-9-17-21(6-7-23(17,25)11-12(13)5-8-26-16)14-3-1-2-4-15(14)22(18)20(19)21/h1-5,13,16-17,19-20H,6-11H2/t13?,16?,17?,19?,20-,21?,23?/m0/s1. The molecule has 0 N–H and O–H groups in total. The Bertz CT molecular complexity index is 897. The van der Waals surface area contributed by atoms with Gasteiger partial charge in [0.1, 0.15) is 12.6 Å². The number of piperidine rings is 2. The molecule has 1 amide bonds. The normalized spacial score (nSPS) is 49.6. The van der Waals surface area contributed by atoms with Crippen LogP contribution in [0, 0.1) is 17.0 Å². The van der Waals surface area contributed by atoms with E-state index in [1.165, 1.54) is 11.1 Å². The van der Waals surface area contributed by atoms with Gasteiger partial charge in [-0.1, -0.05) is 24.3 Å². The molecule has 6 aliphatic rings. The molecular weight excluding hydrogens is 328 g/mol. The molecule has 1 spiro atoms. The number of hydrogen-bond donors (Lipinski definition) is 0. The Morgan fingerprint density at radius 1 is 1.31 bits per heavy atom. The molecule has 7 rings (SSSR count). The third-order valence-corrected chi connectivity index (χ3v) is 8.50. The van der Waals surface area contributed by atoms with Gasteiger partial charge in [0.15, 0.2) is 0 Å². The van der Waals surface area contributed by atoms with Crippen LogP contribution in [0.3, 0.4) is 0 Å². The minimum Gasteiger partial charge on any atom is -0.632 e. The van der Waals surface area contributed by atoms with Crippen LogP contribution in [-0.2, 0) is 14.9 Å². The summed E-state index contributed by atoms with van der Waals surface area (Å²) in [5.74, 6) is 0.922. The second-order valence-electron chi connectivity index (χ2n) is 9.14. The summed E-state index contributed by atoms with van der Waals surface area (Å²) in [5.41, 5.74) is 3.46. The lowest BCUT2D eigenvalue weighted by atomic mass is 9.53. The Kier molecular flexibility index (Phi) is 2.34. The number of carbonyl (C=O) groups excluding carboxylic acids is 1. The molecule has 134 valence electrons. The predicted octanol–water partition coefficient (Wildman–Crippen LogP) is 2.11. The van der Waals surface area contributed by atoms with Crippen molar-refractivity contribution in [1.29, 1.82) is 0 Å².